The number of pyridine rings is 1. The summed E-state index contributed by atoms with van der Waals surface area (Å²) >= 11 is 0. The van der Waals surface area contributed by atoms with Gasteiger partial charge in [-0.15, -0.1) is 0 Å². The number of hydrogen-bond donors (Lipinski definition) is 2. The predicted octanol–water partition coefficient (Wildman–Crippen LogP) is 5.30. The highest BCUT2D eigenvalue weighted by Crippen LogP contribution is 2.25. The number of nitrogens with zero attached hydrogens (tertiary/aromatic N) is 1. The van der Waals surface area contributed by atoms with Crippen molar-refractivity contribution in [3.05, 3.63) is 96.4 Å². The lowest BCUT2D eigenvalue weighted by molar-refractivity contribution is -0.115. The molecule has 0 radical (unpaired) electrons. The summed E-state index contributed by atoms with van der Waals surface area (Å²) in [6.07, 6.45) is 1.89. The summed E-state index contributed by atoms with van der Waals surface area (Å²) in [6, 6.07) is 23.4. The van der Waals surface area contributed by atoms with Crippen LogP contribution >= 0.6 is 0 Å². The Labute approximate surface area is 162 Å². The third-order valence-electron chi connectivity index (χ3n) is 4.33. The molecule has 0 saturated heterocycles. The maximum atomic E-state index is 13.2. The van der Waals surface area contributed by atoms with Crippen molar-refractivity contribution in [2.75, 3.05) is 10.6 Å². The molecule has 0 atom stereocenters. The molecule has 28 heavy (non-hydrogen) atoms. The minimum atomic E-state index is -0.344. The highest BCUT2D eigenvalue weighted by molar-refractivity contribution is 5.93. The molecule has 0 aliphatic carbocycles. The maximum Gasteiger partial charge on any atom is 0.228 e. The zero-order valence-corrected chi connectivity index (χ0v) is 15.0. The fraction of sp³-hybridized carbons (Fsp3) is 0.0435. The first-order chi connectivity index (χ1) is 13.7. The molecule has 1 amide bonds. The van der Waals surface area contributed by atoms with Crippen molar-refractivity contribution in [1.82, 2.24) is 4.98 Å². The highest BCUT2D eigenvalue weighted by Gasteiger charge is 2.06. The molecule has 2 N–H and O–H groups in total. The van der Waals surface area contributed by atoms with Crippen molar-refractivity contribution in [3.8, 4) is 0 Å². The predicted molar refractivity (Wildman–Crippen MR) is 110 cm³/mol. The van der Waals surface area contributed by atoms with Crippen LogP contribution in [0.25, 0.3) is 10.9 Å². The molecule has 0 fully saturated rings. The topological polar surface area (TPSA) is 54.0 Å². The van der Waals surface area contributed by atoms with Gasteiger partial charge in [0.25, 0.3) is 0 Å². The van der Waals surface area contributed by atoms with Gasteiger partial charge in [-0.2, -0.15) is 0 Å². The molecular weight excluding hydrogens is 353 g/mol. The molecule has 0 spiro atoms. The van der Waals surface area contributed by atoms with Gasteiger partial charge < -0.3 is 10.6 Å². The summed E-state index contributed by atoms with van der Waals surface area (Å²) in [5.74, 6) is -0.534. The number of carbonyl (C=O) groups excluding carboxylic acids is 1. The number of carbonyl (C=O) groups is 1. The first-order valence-electron chi connectivity index (χ1n) is 8.92. The molecule has 4 rings (SSSR count). The van der Waals surface area contributed by atoms with Gasteiger partial charge in [0, 0.05) is 23.0 Å². The number of para-hydroxylation sites is 1. The Kier molecular flexibility index (Phi) is 4.97. The summed E-state index contributed by atoms with van der Waals surface area (Å²) in [4.78, 5) is 16.6. The molecule has 1 aromatic heterocycles. The Hall–Kier alpha value is -3.73. The lowest BCUT2D eigenvalue weighted by Crippen LogP contribution is -2.14. The van der Waals surface area contributed by atoms with Crippen molar-refractivity contribution in [2.45, 2.75) is 6.42 Å². The Morgan fingerprint density at radius 2 is 1.64 bits per heavy atom. The molecule has 0 saturated carbocycles. The molecule has 0 unspecified atom stereocenters. The van der Waals surface area contributed by atoms with E-state index in [2.05, 4.69) is 15.6 Å². The standard InChI is InChI=1S/C23H18FN3O/c24-18-7-1-4-16(14-18)15-22(28)27-20-11-9-19(10-12-20)26-21-8-2-5-17-6-3-13-25-23(17)21/h1-14,26H,15H2,(H,27,28). The van der Waals surface area contributed by atoms with Gasteiger partial charge in [-0.1, -0.05) is 30.3 Å². The minimum Gasteiger partial charge on any atom is -0.354 e. The number of hydrogen-bond acceptors (Lipinski definition) is 3. The number of rotatable bonds is 5. The zero-order chi connectivity index (χ0) is 19.3. The average molecular weight is 371 g/mol. The van der Waals surface area contributed by atoms with Gasteiger partial charge in [-0.3, -0.25) is 9.78 Å². The van der Waals surface area contributed by atoms with Crippen molar-refractivity contribution in [3.63, 3.8) is 0 Å². The lowest BCUT2D eigenvalue weighted by Gasteiger charge is -2.10. The number of halogens is 1. The van der Waals surface area contributed by atoms with E-state index in [-0.39, 0.29) is 18.1 Å². The maximum absolute atomic E-state index is 13.2. The van der Waals surface area contributed by atoms with Gasteiger partial charge in [0.05, 0.1) is 17.6 Å². The SMILES string of the molecule is O=C(Cc1cccc(F)c1)Nc1ccc(Nc2cccc3cccnc23)cc1. The number of anilines is 3. The number of fused-ring (bicyclic) bond motifs is 1. The molecule has 1 heterocycles. The number of benzene rings is 3. The van der Waals surface area contributed by atoms with Crippen molar-refractivity contribution < 1.29 is 9.18 Å². The second-order valence-electron chi connectivity index (χ2n) is 6.44. The summed E-state index contributed by atoms with van der Waals surface area (Å²) in [6.45, 7) is 0. The zero-order valence-electron chi connectivity index (χ0n) is 15.0. The highest BCUT2D eigenvalue weighted by atomic mass is 19.1. The van der Waals surface area contributed by atoms with Crippen LogP contribution in [0.2, 0.25) is 0 Å². The Balaban J connectivity index is 1.43. The van der Waals surface area contributed by atoms with Crippen LogP contribution in [0, 0.1) is 5.82 Å². The van der Waals surface area contributed by atoms with E-state index in [0.29, 0.717) is 11.3 Å². The molecule has 0 bridgehead atoms. The molecule has 0 aliphatic rings. The molecule has 138 valence electrons. The van der Waals surface area contributed by atoms with Gasteiger partial charge in [0.1, 0.15) is 5.82 Å². The van der Waals surface area contributed by atoms with Gasteiger partial charge in [-0.25, -0.2) is 4.39 Å². The van der Waals surface area contributed by atoms with Gasteiger partial charge in [-0.05, 0) is 54.1 Å². The molecular formula is C23H18FN3O. The van der Waals surface area contributed by atoms with Crippen LogP contribution in [-0.4, -0.2) is 10.9 Å². The van der Waals surface area contributed by atoms with E-state index in [0.717, 1.165) is 22.3 Å². The van der Waals surface area contributed by atoms with Crippen molar-refractivity contribution >= 4 is 33.9 Å². The van der Waals surface area contributed by atoms with Crippen LogP contribution < -0.4 is 10.6 Å². The second kappa shape index (κ2) is 7.88. The second-order valence-corrected chi connectivity index (χ2v) is 6.44. The van der Waals surface area contributed by atoms with E-state index in [1.54, 1.807) is 18.3 Å². The van der Waals surface area contributed by atoms with Crippen LogP contribution in [0.4, 0.5) is 21.5 Å². The van der Waals surface area contributed by atoms with Crippen molar-refractivity contribution in [1.29, 1.82) is 0 Å². The van der Waals surface area contributed by atoms with E-state index in [1.165, 1.54) is 12.1 Å². The minimum absolute atomic E-state index is 0.124. The number of nitrogens with one attached hydrogen (secondary N) is 2. The van der Waals surface area contributed by atoms with Crippen LogP contribution in [0.1, 0.15) is 5.56 Å². The molecule has 5 heteroatoms. The number of amides is 1. The molecule has 0 aliphatic heterocycles. The summed E-state index contributed by atoms with van der Waals surface area (Å²) < 4.78 is 13.2. The van der Waals surface area contributed by atoms with E-state index < -0.39 is 0 Å². The molecule has 4 aromatic rings. The Morgan fingerprint density at radius 1 is 0.893 bits per heavy atom. The monoisotopic (exact) mass is 371 g/mol. The van der Waals surface area contributed by atoms with E-state index in [4.69, 9.17) is 0 Å². The van der Waals surface area contributed by atoms with E-state index >= 15 is 0 Å². The quantitative estimate of drug-likeness (QED) is 0.501. The Morgan fingerprint density at radius 3 is 2.46 bits per heavy atom. The third-order valence-corrected chi connectivity index (χ3v) is 4.33. The van der Waals surface area contributed by atoms with Crippen LogP contribution in [0.15, 0.2) is 85.1 Å². The summed E-state index contributed by atoms with van der Waals surface area (Å²) in [5.41, 5.74) is 4.03. The van der Waals surface area contributed by atoms with Gasteiger partial charge in [0.15, 0.2) is 0 Å². The van der Waals surface area contributed by atoms with E-state index in [1.807, 2.05) is 54.6 Å². The average Bonchev–Trinajstić information content (AvgIpc) is 2.70. The molecule has 3 aromatic carbocycles. The normalized spacial score (nSPS) is 10.6. The third kappa shape index (κ3) is 4.15. The Bertz CT molecular complexity index is 1120. The molecule has 4 nitrogen and oxygen atoms in total. The first-order valence-corrected chi connectivity index (χ1v) is 8.92. The van der Waals surface area contributed by atoms with Crippen molar-refractivity contribution in [2.24, 2.45) is 0 Å². The summed E-state index contributed by atoms with van der Waals surface area (Å²) in [7, 11) is 0. The van der Waals surface area contributed by atoms with Crippen LogP contribution in [0.3, 0.4) is 0 Å². The van der Waals surface area contributed by atoms with Gasteiger partial charge in [0.2, 0.25) is 5.91 Å². The fourth-order valence-electron chi connectivity index (χ4n) is 3.03. The number of aromatic nitrogens is 1. The lowest BCUT2D eigenvalue weighted by atomic mass is 10.1. The van der Waals surface area contributed by atoms with E-state index in [9.17, 15) is 9.18 Å². The summed E-state index contributed by atoms with van der Waals surface area (Å²) in [5, 5.41) is 7.25. The first kappa shape index (κ1) is 17.7. The van der Waals surface area contributed by atoms with Crippen LogP contribution in [0.5, 0.6) is 0 Å². The van der Waals surface area contributed by atoms with Gasteiger partial charge >= 0.3 is 0 Å². The largest absolute Gasteiger partial charge is 0.354 e. The smallest absolute Gasteiger partial charge is 0.228 e. The van der Waals surface area contributed by atoms with Crippen LogP contribution in [-0.2, 0) is 11.2 Å². The fourth-order valence-corrected chi connectivity index (χ4v) is 3.03.